The van der Waals surface area contributed by atoms with Gasteiger partial charge in [-0.1, -0.05) is 74.0 Å². The molecule has 3 rings (SSSR count). The van der Waals surface area contributed by atoms with Gasteiger partial charge in [0.15, 0.2) is 6.10 Å². The summed E-state index contributed by atoms with van der Waals surface area (Å²) in [6.07, 6.45) is 0.242. The standard InChI is InChI=1S/C30H37N3O8/c1-3-11-23-25(41-28(23)36)27(35)31-17-10-16-24(29(37)39-18-21-12-6-4-7-13-21)33-26(34)20(2)32-30(38)40-19-22-14-8-5-9-15-22/h4-9,12-15,20,23-25H,3,10-11,16-19H2,1-2H3,(H,31,35)(H,32,38)(H,33,34)/t20-,23-,24-,25?/m0/s1. The van der Waals surface area contributed by atoms with Gasteiger partial charge >= 0.3 is 18.0 Å². The summed E-state index contributed by atoms with van der Waals surface area (Å²) in [5.41, 5.74) is 1.58. The molecule has 0 spiro atoms. The number of nitrogens with one attached hydrogen (secondary N) is 3. The average molecular weight is 568 g/mol. The van der Waals surface area contributed by atoms with Crippen molar-refractivity contribution < 1.29 is 38.2 Å². The van der Waals surface area contributed by atoms with Crippen LogP contribution in [0.15, 0.2) is 60.7 Å². The maximum atomic E-state index is 12.9. The van der Waals surface area contributed by atoms with Crippen molar-refractivity contribution in [3.05, 3.63) is 71.8 Å². The van der Waals surface area contributed by atoms with E-state index in [9.17, 15) is 24.0 Å². The molecule has 1 fully saturated rings. The van der Waals surface area contributed by atoms with Crippen LogP contribution in [0.4, 0.5) is 4.79 Å². The number of carbonyl (C=O) groups excluding carboxylic acids is 5. The van der Waals surface area contributed by atoms with Crippen molar-refractivity contribution in [3.63, 3.8) is 0 Å². The van der Waals surface area contributed by atoms with Crippen LogP contribution in [0.3, 0.4) is 0 Å². The molecule has 1 aliphatic rings. The van der Waals surface area contributed by atoms with Gasteiger partial charge in [0.25, 0.3) is 5.91 Å². The summed E-state index contributed by atoms with van der Waals surface area (Å²) in [7, 11) is 0. The maximum Gasteiger partial charge on any atom is 0.408 e. The van der Waals surface area contributed by atoms with E-state index in [2.05, 4.69) is 16.0 Å². The van der Waals surface area contributed by atoms with Crippen molar-refractivity contribution in [2.24, 2.45) is 5.92 Å². The molecule has 1 unspecified atom stereocenters. The van der Waals surface area contributed by atoms with Crippen LogP contribution in [-0.4, -0.2) is 54.6 Å². The lowest BCUT2D eigenvalue weighted by molar-refractivity contribution is -0.189. The lowest BCUT2D eigenvalue weighted by atomic mass is 9.91. The van der Waals surface area contributed by atoms with E-state index in [1.807, 2.05) is 55.5 Å². The van der Waals surface area contributed by atoms with Crippen molar-refractivity contribution in [2.45, 2.75) is 70.9 Å². The average Bonchev–Trinajstić information content (AvgIpc) is 2.98. The molecular formula is C30H37N3O8. The van der Waals surface area contributed by atoms with Gasteiger partial charge in [-0.3, -0.25) is 14.4 Å². The fourth-order valence-corrected chi connectivity index (χ4v) is 4.16. The van der Waals surface area contributed by atoms with Crippen molar-refractivity contribution in [2.75, 3.05) is 6.54 Å². The van der Waals surface area contributed by atoms with E-state index in [0.29, 0.717) is 12.8 Å². The van der Waals surface area contributed by atoms with E-state index in [4.69, 9.17) is 14.2 Å². The third kappa shape index (κ3) is 9.93. The number of alkyl carbamates (subject to hydrolysis) is 1. The number of hydrogen-bond acceptors (Lipinski definition) is 8. The molecule has 0 aliphatic carbocycles. The van der Waals surface area contributed by atoms with Crippen molar-refractivity contribution >= 4 is 29.8 Å². The number of hydrogen-bond donors (Lipinski definition) is 3. The highest BCUT2D eigenvalue weighted by Gasteiger charge is 2.46. The van der Waals surface area contributed by atoms with Crippen molar-refractivity contribution in [1.29, 1.82) is 0 Å². The van der Waals surface area contributed by atoms with Crippen LogP contribution in [0.2, 0.25) is 0 Å². The van der Waals surface area contributed by atoms with E-state index in [1.165, 1.54) is 6.92 Å². The van der Waals surface area contributed by atoms with Gasteiger partial charge in [0.2, 0.25) is 5.91 Å². The molecule has 1 aliphatic heterocycles. The predicted molar refractivity (Wildman–Crippen MR) is 148 cm³/mol. The molecule has 11 heteroatoms. The molecule has 2 aromatic carbocycles. The van der Waals surface area contributed by atoms with Gasteiger partial charge in [0.1, 0.15) is 31.2 Å². The summed E-state index contributed by atoms with van der Waals surface area (Å²) >= 11 is 0. The highest BCUT2D eigenvalue weighted by Crippen LogP contribution is 2.26. The molecule has 1 heterocycles. The molecule has 0 saturated carbocycles. The van der Waals surface area contributed by atoms with Gasteiger partial charge in [-0.2, -0.15) is 0 Å². The molecule has 11 nitrogen and oxygen atoms in total. The molecule has 220 valence electrons. The van der Waals surface area contributed by atoms with Crippen LogP contribution in [0.1, 0.15) is 50.7 Å². The highest BCUT2D eigenvalue weighted by atomic mass is 16.6. The van der Waals surface area contributed by atoms with E-state index >= 15 is 0 Å². The van der Waals surface area contributed by atoms with Crippen molar-refractivity contribution in [1.82, 2.24) is 16.0 Å². The minimum absolute atomic E-state index is 0.0221. The summed E-state index contributed by atoms with van der Waals surface area (Å²) in [6.45, 7) is 3.66. The molecule has 0 radical (unpaired) electrons. The van der Waals surface area contributed by atoms with Gasteiger partial charge in [-0.25, -0.2) is 9.59 Å². The third-order valence-corrected chi connectivity index (χ3v) is 6.50. The first-order valence-electron chi connectivity index (χ1n) is 13.7. The van der Waals surface area contributed by atoms with Gasteiger partial charge < -0.3 is 30.2 Å². The highest BCUT2D eigenvalue weighted by molar-refractivity contribution is 5.94. The Morgan fingerprint density at radius 2 is 1.51 bits per heavy atom. The second-order valence-corrected chi connectivity index (χ2v) is 9.77. The molecule has 3 N–H and O–H groups in total. The second-order valence-electron chi connectivity index (χ2n) is 9.77. The Bertz CT molecular complexity index is 1170. The molecular weight excluding hydrogens is 530 g/mol. The first kappa shape index (κ1) is 31.1. The fourth-order valence-electron chi connectivity index (χ4n) is 4.16. The number of esters is 2. The number of carbonyl (C=O) groups is 5. The Kier molecular flexibility index (Phi) is 12.1. The summed E-state index contributed by atoms with van der Waals surface area (Å²) in [5, 5.41) is 7.80. The summed E-state index contributed by atoms with van der Waals surface area (Å²) in [6, 6.07) is 16.2. The Hall–Kier alpha value is -4.41. The smallest absolute Gasteiger partial charge is 0.408 e. The molecule has 41 heavy (non-hydrogen) atoms. The molecule has 0 aromatic heterocycles. The van der Waals surface area contributed by atoms with Crippen LogP contribution < -0.4 is 16.0 Å². The van der Waals surface area contributed by atoms with Crippen LogP contribution in [0.25, 0.3) is 0 Å². The zero-order valence-electron chi connectivity index (χ0n) is 23.3. The third-order valence-electron chi connectivity index (χ3n) is 6.50. The van der Waals surface area contributed by atoms with Gasteiger partial charge in [-0.15, -0.1) is 0 Å². The molecule has 1 saturated heterocycles. The Balaban J connectivity index is 1.50. The first-order valence-corrected chi connectivity index (χ1v) is 13.7. The quantitative estimate of drug-likeness (QED) is 0.169. The van der Waals surface area contributed by atoms with Crippen molar-refractivity contribution in [3.8, 4) is 0 Å². The SMILES string of the molecule is CCC[C@@H]1C(=O)OC1C(=O)NCCC[C@H](NC(=O)[C@H](C)NC(=O)OCc1ccccc1)C(=O)OCc1ccccc1. The Morgan fingerprint density at radius 1 is 0.902 bits per heavy atom. The normalized spacial score (nSPS) is 17.2. The lowest BCUT2D eigenvalue weighted by Crippen LogP contribution is -2.54. The largest absolute Gasteiger partial charge is 0.459 e. The zero-order valence-corrected chi connectivity index (χ0v) is 23.3. The van der Waals surface area contributed by atoms with E-state index in [-0.39, 0.29) is 38.1 Å². The second kappa shape index (κ2) is 16.0. The van der Waals surface area contributed by atoms with Crippen LogP contribution >= 0.6 is 0 Å². The Morgan fingerprint density at radius 3 is 2.10 bits per heavy atom. The van der Waals surface area contributed by atoms with E-state index in [1.54, 1.807) is 12.1 Å². The minimum Gasteiger partial charge on any atom is -0.459 e. The van der Waals surface area contributed by atoms with Gasteiger partial charge in [0, 0.05) is 6.54 Å². The number of cyclic esters (lactones) is 1. The lowest BCUT2D eigenvalue weighted by Gasteiger charge is -2.33. The molecule has 2 aromatic rings. The summed E-state index contributed by atoms with van der Waals surface area (Å²) in [5.74, 6) is -2.45. The zero-order chi connectivity index (χ0) is 29.6. The van der Waals surface area contributed by atoms with Gasteiger partial charge in [0.05, 0.1) is 0 Å². The number of benzene rings is 2. The van der Waals surface area contributed by atoms with Crippen LogP contribution in [-0.2, 0) is 46.6 Å². The monoisotopic (exact) mass is 567 g/mol. The van der Waals surface area contributed by atoms with Crippen LogP contribution in [0.5, 0.6) is 0 Å². The van der Waals surface area contributed by atoms with E-state index < -0.39 is 42.1 Å². The van der Waals surface area contributed by atoms with Crippen LogP contribution in [0, 0.1) is 5.92 Å². The first-order chi connectivity index (χ1) is 19.8. The maximum absolute atomic E-state index is 12.9. The summed E-state index contributed by atoms with van der Waals surface area (Å²) in [4.78, 5) is 61.9. The van der Waals surface area contributed by atoms with Gasteiger partial charge in [-0.05, 0) is 37.3 Å². The number of rotatable bonds is 15. The fraction of sp³-hybridized carbons (Fsp3) is 0.433. The minimum atomic E-state index is -1.03. The molecule has 4 atom stereocenters. The number of amides is 3. The predicted octanol–water partition coefficient (Wildman–Crippen LogP) is 2.77. The molecule has 0 bridgehead atoms. The topological polar surface area (TPSA) is 149 Å². The molecule has 3 amide bonds. The number of ether oxygens (including phenoxy) is 3. The summed E-state index contributed by atoms with van der Waals surface area (Å²) < 4.78 is 15.6. The van der Waals surface area contributed by atoms with E-state index in [0.717, 1.165) is 17.5 Å². The Labute approximate surface area is 239 Å².